The van der Waals surface area contributed by atoms with Crippen molar-refractivity contribution < 1.29 is 4.74 Å². The zero-order valence-electron chi connectivity index (χ0n) is 10.1. The second kappa shape index (κ2) is 6.06. The summed E-state index contributed by atoms with van der Waals surface area (Å²) in [6.07, 6.45) is 0.268. The van der Waals surface area contributed by atoms with E-state index in [0.29, 0.717) is 4.34 Å². The van der Waals surface area contributed by atoms with Gasteiger partial charge in [-0.05, 0) is 14.1 Å². The van der Waals surface area contributed by atoms with Gasteiger partial charge in [-0.2, -0.15) is 0 Å². The molecule has 1 saturated heterocycles. The average molecular weight is 277 g/mol. The highest BCUT2D eigenvalue weighted by atomic mass is 35.5. The minimum Gasteiger partial charge on any atom is -0.374 e. The Kier molecular flexibility index (Phi) is 4.69. The van der Waals surface area contributed by atoms with Crippen LogP contribution in [-0.4, -0.2) is 65.8 Å². The van der Waals surface area contributed by atoms with Gasteiger partial charge in [-0.25, -0.2) is 0 Å². The van der Waals surface area contributed by atoms with Gasteiger partial charge in [0.1, 0.15) is 10.0 Å². The Morgan fingerprint density at radius 2 is 2.41 bits per heavy atom. The number of rotatable bonds is 4. The molecule has 2 heterocycles. The van der Waals surface area contributed by atoms with Gasteiger partial charge >= 0.3 is 0 Å². The summed E-state index contributed by atoms with van der Waals surface area (Å²) in [6.45, 7) is 4.33. The number of ether oxygens (including phenoxy) is 1. The summed E-state index contributed by atoms with van der Waals surface area (Å²) in [5, 5.41) is 4.04. The van der Waals surface area contributed by atoms with Crippen molar-refractivity contribution in [3.8, 4) is 0 Å². The van der Waals surface area contributed by atoms with Crippen molar-refractivity contribution in [1.82, 2.24) is 19.4 Å². The standard InChI is InChI=1S/C10H17ClN4OS/c1-14(2)5-8-6-15(3-4-16-8)7-9-10(11)17-13-12-9/h8H,3-7H2,1-2H3/t8-/m0/s1. The van der Waals surface area contributed by atoms with E-state index in [1.807, 2.05) is 0 Å². The molecule has 2 rings (SSSR count). The van der Waals surface area contributed by atoms with Gasteiger partial charge in [0.05, 0.1) is 12.7 Å². The van der Waals surface area contributed by atoms with Crippen molar-refractivity contribution in [1.29, 1.82) is 0 Å². The minimum atomic E-state index is 0.268. The summed E-state index contributed by atoms with van der Waals surface area (Å²) in [4.78, 5) is 4.46. The largest absolute Gasteiger partial charge is 0.374 e. The van der Waals surface area contributed by atoms with E-state index in [0.717, 1.165) is 38.5 Å². The molecule has 1 atom stereocenters. The topological polar surface area (TPSA) is 41.5 Å². The van der Waals surface area contributed by atoms with E-state index in [2.05, 4.69) is 33.5 Å². The summed E-state index contributed by atoms with van der Waals surface area (Å²) in [5.74, 6) is 0. The van der Waals surface area contributed by atoms with E-state index in [1.165, 1.54) is 11.5 Å². The van der Waals surface area contributed by atoms with Gasteiger partial charge in [-0.3, -0.25) is 4.90 Å². The van der Waals surface area contributed by atoms with Gasteiger partial charge in [0.2, 0.25) is 0 Å². The number of likely N-dealkylation sites (N-methyl/N-ethyl adjacent to an activating group) is 1. The fourth-order valence-corrected chi connectivity index (χ4v) is 2.56. The zero-order chi connectivity index (χ0) is 12.3. The number of hydrogen-bond donors (Lipinski definition) is 0. The van der Waals surface area contributed by atoms with E-state index in [9.17, 15) is 0 Å². The van der Waals surface area contributed by atoms with E-state index in [4.69, 9.17) is 16.3 Å². The minimum absolute atomic E-state index is 0.268. The maximum absolute atomic E-state index is 6.01. The molecule has 0 amide bonds. The van der Waals surface area contributed by atoms with Crippen LogP contribution < -0.4 is 0 Å². The molecule has 1 aromatic rings. The number of nitrogens with zero attached hydrogens (tertiary/aromatic N) is 4. The molecule has 1 aromatic heterocycles. The SMILES string of the molecule is CN(C)C[C@H]1CN(Cc2nnsc2Cl)CCO1. The Bertz CT molecular complexity index is 360. The monoisotopic (exact) mass is 276 g/mol. The molecule has 0 saturated carbocycles. The molecule has 1 aliphatic heterocycles. The van der Waals surface area contributed by atoms with Crippen molar-refractivity contribution in [2.24, 2.45) is 0 Å². The van der Waals surface area contributed by atoms with Crippen molar-refractivity contribution in [3.05, 3.63) is 10.0 Å². The zero-order valence-corrected chi connectivity index (χ0v) is 11.7. The third-order valence-corrected chi connectivity index (χ3v) is 3.66. The van der Waals surface area contributed by atoms with Crippen molar-refractivity contribution in [2.75, 3.05) is 40.3 Å². The van der Waals surface area contributed by atoms with Crippen LogP contribution in [0.2, 0.25) is 4.34 Å². The lowest BCUT2D eigenvalue weighted by Gasteiger charge is -2.33. The number of hydrogen-bond acceptors (Lipinski definition) is 6. The molecule has 0 spiro atoms. The normalized spacial score (nSPS) is 22.2. The van der Waals surface area contributed by atoms with Gasteiger partial charge in [-0.15, -0.1) is 5.10 Å². The molecule has 0 unspecified atom stereocenters. The first-order valence-corrected chi connectivity index (χ1v) is 6.75. The molecule has 0 aromatic carbocycles. The lowest BCUT2D eigenvalue weighted by molar-refractivity contribution is -0.0409. The van der Waals surface area contributed by atoms with E-state index < -0.39 is 0 Å². The Morgan fingerprint density at radius 1 is 1.59 bits per heavy atom. The van der Waals surface area contributed by atoms with Crippen LogP contribution in [0.1, 0.15) is 5.69 Å². The number of morpholine rings is 1. The highest BCUT2D eigenvalue weighted by Crippen LogP contribution is 2.19. The fourth-order valence-electron chi connectivity index (χ4n) is 1.94. The number of aromatic nitrogens is 2. The Morgan fingerprint density at radius 3 is 3.06 bits per heavy atom. The summed E-state index contributed by atoms with van der Waals surface area (Å²) in [5.41, 5.74) is 0.877. The van der Waals surface area contributed by atoms with E-state index in [1.54, 1.807) is 0 Å². The van der Waals surface area contributed by atoms with Crippen LogP contribution >= 0.6 is 23.1 Å². The Labute approximate surface area is 110 Å². The second-order valence-electron chi connectivity index (χ2n) is 4.48. The van der Waals surface area contributed by atoms with Crippen LogP contribution in [0.4, 0.5) is 0 Å². The van der Waals surface area contributed by atoms with Gasteiger partial charge in [0.25, 0.3) is 0 Å². The first-order valence-electron chi connectivity index (χ1n) is 5.60. The highest BCUT2D eigenvalue weighted by molar-refractivity contribution is 7.10. The number of halogens is 1. The van der Waals surface area contributed by atoms with Crippen LogP contribution in [0.25, 0.3) is 0 Å². The molecule has 0 N–H and O–H groups in total. The van der Waals surface area contributed by atoms with Crippen molar-refractivity contribution in [2.45, 2.75) is 12.6 Å². The van der Waals surface area contributed by atoms with Crippen molar-refractivity contribution in [3.63, 3.8) is 0 Å². The third kappa shape index (κ3) is 3.86. The van der Waals surface area contributed by atoms with Crippen LogP contribution in [0, 0.1) is 0 Å². The summed E-state index contributed by atoms with van der Waals surface area (Å²) in [7, 11) is 4.12. The van der Waals surface area contributed by atoms with Crippen LogP contribution in [0.3, 0.4) is 0 Å². The summed E-state index contributed by atoms with van der Waals surface area (Å²) < 4.78 is 10.3. The Hall–Kier alpha value is -0.270. The maximum atomic E-state index is 6.01. The molecular formula is C10H17ClN4OS. The van der Waals surface area contributed by atoms with Crippen LogP contribution in [0.15, 0.2) is 0 Å². The molecule has 0 radical (unpaired) electrons. The third-order valence-electron chi connectivity index (χ3n) is 2.67. The van der Waals surface area contributed by atoms with Crippen LogP contribution in [-0.2, 0) is 11.3 Å². The molecule has 0 bridgehead atoms. The fraction of sp³-hybridized carbons (Fsp3) is 0.800. The predicted molar refractivity (Wildman–Crippen MR) is 68.5 cm³/mol. The molecule has 96 valence electrons. The van der Waals surface area contributed by atoms with Gasteiger partial charge in [0, 0.05) is 37.7 Å². The second-order valence-corrected chi connectivity index (χ2v) is 5.84. The lowest BCUT2D eigenvalue weighted by atomic mass is 10.2. The smallest absolute Gasteiger partial charge is 0.138 e. The van der Waals surface area contributed by atoms with Crippen molar-refractivity contribution >= 4 is 23.1 Å². The van der Waals surface area contributed by atoms with Gasteiger partial charge in [-0.1, -0.05) is 16.1 Å². The molecule has 5 nitrogen and oxygen atoms in total. The molecule has 17 heavy (non-hydrogen) atoms. The molecule has 1 aliphatic rings. The first-order chi connectivity index (χ1) is 8.15. The quantitative estimate of drug-likeness (QED) is 0.819. The van der Waals surface area contributed by atoms with E-state index in [-0.39, 0.29) is 6.10 Å². The van der Waals surface area contributed by atoms with Gasteiger partial charge < -0.3 is 9.64 Å². The highest BCUT2D eigenvalue weighted by Gasteiger charge is 2.22. The lowest BCUT2D eigenvalue weighted by Crippen LogP contribution is -2.46. The molecule has 0 aliphatic carbocycles. The Balaban J connectivity index is 1.87. The van der Waals surface area contributed by atoms with Crippen LogP contribution in [0.5, 0.6) is 0 Å². The summed E-state index contributed by atoms with van der Waals surface area (Å²) in [6, 6.07) is 0. The maximum Gasteiger partial charge on any atom is 0.138 e. The molecule has 1 fully saturated rings. The van der Waals surface area contributed by atoms with Gasteiger partial charge in [0.15, 0.2) is 0 Å². The summed E-state index contributed by atoms with van der Waals surface area (Å²) >= 11 is 7.25. The molecular weight excluding hydrogens is 260 g/mol. The predicted octanol–water partition coefficient (Wildman–Crippen LogP) is 0.954. The first kappa shape index (κ1) is 13.2. The average Bonchev–Trinajstić information content (AvgIpc) is 2.64. The van der Waals surface area contributed by atoms with E-state index >= 15 is 0 Å². The molecule has 7 heteroatoms.